The van der Waals surface area contributed by atoms with Gasteiger partial charge in [-0.05, 0) is 38.5 Å². The summed E-state index contributed by atoms with van der Waals surface area (Å²) < 4.78 is 11.9. The van der Waals surface area contributed by atoms with Crippen LogP contribution in [0.2, 0.25) is 0 Å². The average Bonchev–Trinajstić information content (AvgIpc) is 3.16. The number of rotatable bonds is 5. The third-order valence-electron chi connectivity index (χ3n) is 4.08. The Morgan fingerprint density at radius 1 is 1.00 bits per heavy atom. The lowest BCUT2D eigenvalue weighted by Crippen LogP contribution is -2.38. The minimum Gasteiger partial charge on any atom is -0.464 e. The van der Waals surface area contributed by atoms with Gasteiger partial charge in [-0.1, -0.05) is 53.7 Å². The fourth-order valence-corrected chi connectivity index (χ4v) is 2.80. The first-order valence-corrected chi connectivity index (χ1v) is 9.44. The Kier molecular flexibility index (Phi) is 6.15. The average molecular weight is 408 g/mol. The second-order valence-electron chi connectivity index (χ2n) is 7.55. The van der Waals surface area contributed by atoms with Crippen LogP contribution in [0.1, 0.15) is 36.8 Å². The van der Waals surface area contributed by atoms with Crippen LogP contribution in [0.15, 0.2) is 60.7 Å². The summed E-state index contributed by atoms with van der Waals surface area (Å²) in [5.74, 6) is -0.528. The summed E-state index contributed by atoms with van der Waals surface area (Å²) in [5, 5.41) is 8.11. The molecular weight excluding hydrogens is 384 g/mol. The van der Waals surface area contributed by atoms with E-state index in [0.29, 0.717) is 5.69 Å². The maximum absolute atomic E-state index is 13.2. The molecule has 0 fully saturated rings. The number of nitrogens with zero attached hydrogens (tertiary/aromatic N) is 4. The Morgan fingerprint density at radius 2 is 1.60 bits per heavy atom. The molecule has 0 unspecified atom stereocenters. The van der Waals surface area contributed by atoms with Crippen molar-refractivity contribution in [1.29, 1.82) is 0 Å². The summed E-state index contributed by atoms with van der Waals surface area (Å²) >= 11 is 0. The molecule has 0 saturated heterocycles. The molecule has 8 nitrogen and oxygen atoms in total. The van der Waals surface area contributed by atoms with Gasteiger partial charge in [0.2, 0.25) is 5.69 Å². The Morgan fingerprint density at radius 3 is 2.17 bits per heavy atom. The van der Waals surface area contributed by atoms with E-state index < -0.39 is 17.7 Å². The molecule has 3 rings (SSSR count). The van der Waals surface area contributed by atoms with Crippen molar-refractivity contribution in [2.45, 2.75) is 32.9 Å². The summed E-state index contributed by atoms with van der Waals surface area (Å²) in [6, 6.07) is 18.5. The van der Waals surface area contributed by atoms with Gasteiger partial charge in [-0.15, -0.1) is 5.10 Å². The van der Waals surface area contributed by atoms with E-state index in [0.717, 1.165) is 5.56 Å². The highest BCUT2D eigenvalue weighted by Crippen LogP contribution is 2.27. The second kappa shape index (κ2) is 8.77. The highest BCUT2D eigenvalue weighted by molar-refractivity contribution is 5.98. The Balaban J connectivity index is 2.16. The summed E-state index contributed by atoms with van der Waals surface area (Å²) in [6.07, 6.45) is -0.629. The first-order valence-electron chi connectivity index (χ1n) is 9.44. The molecule has 0 aliphatic rings. The van der Waals surface area contributed by atoms with Crippen molar-refractivity contribution in [1.82, 2.24) is 15.0 Å². The van der Waals surface area contributed by atoms with Crippen LogP contribution in [0.4, 0.5) is 10.6 Å². The van der Waals surface area contributed by atoms with Gasteiger partial charge in [-0.3, -0.25) is 4.90 Å². The van der Waals surface area contributed by atoms with Crippen LogP contribution in [0.25, 0.3) is 5.69 Å². The van der Waals surface area contributed by atoms with Gasteiger partial charge in [0.25, 0.3) is 0 Å². The Bertz CT molecular complexity index is 1010. The van der Waals surface area contributed by atoms with Gasteiger partial charge in [0.1, 0.15) is 5.60 Å². The van der Waals surface area contributed by atoms with Gasteiger partial charge >= 0.3 is 12.1 Å². The predicted molar refractivity (Wildman–Crippen MR) is 112 cm³/mol. The molecule has 0 aliphatic heterocycles. The molecule has 2 aromatic carbocycles. The number of anilines is 1. The minimum absolute atomic E-state index is 0.0804. The fraction of sp³-hybridized carbons (Fsp3) is 0.273. The largest absolute Gasteiger partial charge is 0.464 e. The standard InChI is InChI=1S/C22H24N4O4/c1-22(2,3)30-21(28)25(15-16-11-7-5-8-12-16)19-18(20(27)29-4)23-24-26(19)17-13-9-6-10-14-17/h5-14H,15H2,1-4H3. The lowest BCUT2D eigenvalue weighted by molar-refractivity contribution is 0.0573. The molecule has 0 saturated carbocycles. The van der Waals surface area contributed by atoms with Crippen LogP contribution in [-0.2, 0) is 16.0 Å². The number of hydrogen-bond acceptors (Lipinski definition) is 6. The number of esters is 1. The van der Waals surface area contributed by atoms with Gasteiger partial charge in [0.15, 0.2) is 5.82 Å². The Labute approximate surface area is 175 Å². The molecule has 0 N–H and O–H groups in total. The zero-order valence-corrected chi connectivity index (χ0v) is 17.4. The maximum atomic E-state index is 13.2. The molecule has 1 amide bonds. The first kappa shape index (κ1) is 21.0. The van der Waals surface area contributed by atoms with Crippen LogP contribution in [0, 0.1) is 0 Å². The molecule has 156 valence electrons. The van der Waals surface area contributed by atoms with Crippen molar-refractivity contribution in [3.05, 3.63) is 71.9 Å². The van der Waals surface area contributed by atoms with Crippen LogP contribution < -0.4 is 4.90 Å². The highest BCUT2D eigenvalue weighted by atomic mass is 16.6. The third-order valence-corrected chi connectivity index (χ3v) is 4.08. The summed E-state index contributed by atoms with van der Waals surface area (Å²) in [5.41, 5.74) is 0.669. The van der Waals surface area contributed by atoms with E-state index in [1.165, 1.54) is 16.7 Å². The van der Waals surface area contributed by atoms with Crippen LogP contribution in [0.5, 0.6) is 0 Å². The van der Waals surface area contributed by atoms with Crippen molar-refractivity contribution in [2.75, 3.05) is 12.0 Å². The molecular formula is C22H24N4O4. The van der Waals surface area contributed by atoms with E-state index in [1.54, 1.807) is 32.9 Å². The number of benzene rings is 2. The monoisotopic (exact) mass is 408 g/mol. The van der Waals surface area contributed by atoms with Crippen molar-refractivity contribution in [3.63, 3.8) is 0 Å². The predicted octanol–water partition coefficient (Wildman–Crippen LogP) is 4.00. The molecule has 8 heteroatoms. The molecule has 3 aromatic rings. The van der Waals surface area contributed by atoms with Crippen LogP contribution >= 0.6 is 0 Å². The molecule has 30 heavy (non-hydrogen) atoms. The van der Waals surface area contributed by atoms with E-state index in [9.17, 15) is 9.59 Å². The number of ether oxygens (including phenoxy) is 2. The normalized spacial score (nSPS) is 11.1. The van der Waals surface area contributed by atoms with Gasteiger partial charge in [0, 0.05) is 0 Å². The van der Waals surface area contributed by atoms with Crippen molar-refractivity contribution in [2.24, 2.45) is 0 Å². The number of hydrogen-bond donors (Lipinski definition) is 0. The first-order chi connectivity index (χ1) is 14.3. The molecule has 0 radical (unpaired) electrons. The summed E-state index contributed by atoms with van der Waals surface area (Å²) in [7, 11) is 1.25. The summed E-state index contributed by atoms with van der Waals surface area (Å²) in [4.78, 5) is 27.0. The van der Waals surface area contributed by atoms with Crippen LogP contribution in [0.3, 0.4) is 0 Å². The number of carbonyl (C=O) groups is 2. The zero-order chi connectivity index (χ0) is 21.7. The SMILES string of the molecule is COC(=O)c1nnn(-c2ccccc2)c1N(Cc1ccccc1)C(=O)OC(C)(C)C. The zero-order valence-electron chi connectivity index (χ0n) is 17.4. The van der Waals surface area contributed by atoms with Gasteiger partial charge in [-0.25, -0.2) is 9.59 Å². The van der Waals surface area contributed by atoms with Crippen LogP contribution in [-0.4, -0.2) is 39.8 Å². The van der Waals surface area contributed by atoms with E-state index >= 15 is 0 Å². The van der Waals surface area contributed by atoms with E-state index in [-0.39, 0.29) is 18.1 Å². The maximum Gasteiger partial charge on any atom is 0.416 e. The van der Waals surface area contributed by atoms with Gasteiger partial charge in [-0.2, -0.15) is 4.68 Å². The lowest BCUT2D eigenvalue weighted by Gasteiger charge is -2.27. The minimum atomic E-state index is -0.734. The number of amides is 1. The number of aromatic nitrogens is 3. The summed E-state index contributed by atoms with van der Waals surface area (Å²) in [6.45, 7) is 5.48. The van der Waals surface area contributed by atoms with Crippen molar-refractivity contribution in [3.8, 4) is 5.69 Å². The smallest absolute Gasteiger partial charge is 0.416 e. The number of para-hydroxylation sites is 1. The topological polar surface area (TPSA) is 86.5 Å². The van der Waals surface area contributed by atoms with Crippen molar-refractivity contribution >= 4 is 17.9 Å². The molecule has 0 bridgehead atoms. The van der Waals surface area contributed by atoms with Crippen molar-refractivity contribution < 1.29 is 19.1 Å². The lowest BCUT2D eigenvalue weighted by atomic mass is 10.2. The van der Waals surface area contributed by atoms with Gasteiger partial charge in [0.05, 0.1) is 19.3 Å². The molecule has 1 aromatic heterocycles. The number of methoxy groups -OCH3 is 1. The molecule has 0 spiro atoms. The van der Waals surface area contributed by atoms with E-state index in [1.807, 2.05) is 48.5 Å². The molecule has 0 aliphatic carbocycles. The van der Waals surface area contributed by atoms with E-state index in [4.69, 9.17) is 9.47 Å². The number of carbonyl (C=O) groups excluding carboxylic acids is 2. The molecule has 1 heterocycles. The molecule has 0 atom stereocenters. The Hall–Kier alpha value is -3.68. The third kappa shape index (κ3) is 4.83. The quantitative estimate of drug-likeness (QED) is 0.593. The fourth-order valence-electron chi connectivity index (χ4n) is 2.80. The van der Waals surface area contributed by atoms with E-state index in [2.05, 4.69) is 10.3 Å². The highest BCUT2D eigenvalue weighted by Gasteiger charge is 2.32. The second-order valence-corrected chi connectivity index (χ2v) is 7.55. The van der Waals surface area contributed by atoms with Gasteiger partial charge < -0.3 is 9.47 Å².